The van der Waals surface area contributed by atoms with E-state index in [4.69, 9.17) is 9.47 Å². The number of ether oxygens (including phenoxy) is 2. The minimum atomic E-state index is -0.485. The van der Waals surface area contributed by atoms with Crippen LogP contribution in [0, 0.1) is 0 Å². The molecule has 4 heteroatoms. The van der Waals surface area contributed by atoms with Gasteiger partial charge in [0.25, 0.3) is 0 Å². The highest BCUT2D eigenvalue weighted by molar-refractivity contribution is 4.96. The third-order valence-corrected chi connectivity index (χ3v) is 4.87. The van der Waals surface area contributed by atoms with Crippen LogP contribution in [0.2, 0.25) is 0 Å². The highest BCUT2D eigenvalue weighted by Gasteiger charge is 2.43. The van der Waals surface area contributed by atoms with Crippen LogP contribution in [0.4, 0.5) is 0 Å². The van der Waals surface area contributed by atoms with Crippen molar-refractivity contribution in [2.75, 3.05) is 32.9 Å². The van der Waals surface area contributed by atoms with Gasteiger partial charge in [0.1, 0.15) is 0 Å². The molecule has 18 heavy (non-hydrogen) atoms. The molecule has 0 aromatic carbocycles. The molecule has 0 radical (unpaired) electrons. The van der Waals surface area contributed by atoms with E-state index < -0.39 is 5.60 Å². The van der Waals surface area contributed by atoms with Gasteiger partial charge in [-0.25, -0.2) is 0 Å². The molecule has 0 aromatic heterocycles. The first kappa shape index (κ1) is 12.9. The topological polar surface area (TPSA) is 41.9 Å². The molecular weight excluding hydrogens is 230 g/mol. The maximum absolute atomic E-state index is 10.1. The summed E-state index contributed by atoms with van der Waals surface area (Å²) in [6.45, 7) is 6.35. The van der Waals surface area contributed by atoms with Crippen molar-refractivity contribution in [3.05, 3.63) is 0 Å². The van der Waals surface area contributed by atoms with Crippen LogP contribution in [0.5, 0.6) is 0 Å². The summed E-state index contributed by atoms with van der Waals surface area (Å²) in [5.41, 5.74) is -0.420. The fourth-order valence-electron chi connectivity index (χ4n) is 3.70. The van der Waals surface area contributed by atoms with Crippen LogP contribution in [0.3, 0.4) is 0 Å². The quantitative estimate of drug-likeness (QED) is 0.764. The predicted molar refractivity (Wildman–Crippen MR) is 68.6 cm³/mol. The van der Waals surface area contributed by atoms with Crippen LogP contribution >= 0.6 is 0 Å². The standard InChI is InChI=1S/C14H25NO3/c1-13(16)3-6-15(11-13)12-2-7-18-14(10-12)4-8-17-9-5-14/h12,16H,2-11H2,1H3. The fraction of sp³-hybridized carbons (Fsp3) is 1.00. The van der Waals surface area contributed by atoms with Gasteiger partial charge in [0, 0.05) is 39.0 Å². The van der Waals surface area contributed by atoms with Crippen LogP contribution < -0.4 is 0 Å². The predicted octanol–water partition coefficient (Wildman–Crippen LogP) is 1.17. The number of β-amino-alcohol motifs (C(OH)–C–C–N with tert-alkyl or cyclic N) is 1. The van der Waals surface area contributed by atoms with Crippen molar-refractivity contribution in [3.8, 4) is 0 Å². The monoisotopic (exact) mass is 255 g/mol. The van der Waals surface area contributed by atoms with Crippen LogP contribution in [0.1, 0.15) is 39.0 Å². The maximum atomic E-state index is 10.1. The van der Waals surface area contributed by atoms with Gasteiger partial charge in [-0.15, -0.1) is 0 Å². The van der Waals surface area contributed by atoms with Crippen molar-refractivity contribution in [2.24, 2.45) is 0 Å². The number of likely N-dealkylation sites (tertiary alicyclic amines) is 1. The Hall–Kier alpha value is -0.160. The third kappa shape index (κ3) is 2.57. The zero-order valence-electron chi connectivity index (χ0n) is 11.4. The van der Waals surface area contributed by atoms with Crippen molar-refractivity contribution in [3.63, 3.8) is 0 Å². The van der Waals surface area contributed by atoms with E-state index in [-0.39, 0.29) is 5.60 Å². The molecule has 0 aliphatic carbocycles. The van der Waals surface area contributed by atoms with Gasteiger partial charge in [-0.1, -0.05) is 0 Å². The molecule has 3 heterocycles. The van der Waals surface area contributed by atoms with Crippen molar-refractivity contribution >= 4 is 0 Å². The molecule has 1 spiro atoms. The first-order chi connectivity index (χ1) is 8.59. The van der Waals surface area contributed by atoms with Gasteiger partial charge in [-0.05, 0) is 39.0 Å². The first-order valence-corrected chi connectivity index (χ1v) is 7.27. The van der Waals surface area contributed by atoms with Gasteiger partial charge < -0.3 is 14.6 Å². The van der Waals surface area contributed by atoms with E-state index in [1.165, 1.54) is 0 Å². The molecule has 0 amide bonds. The number of hydrogen-bond acceptors (Lipinski definition) is 4. The molecular formula is C14H25NO3. The van der Waals surface area contributed by atoms with E-state index in [2.05, 4.69) is 4.90 Å². The van der Waals surface area contributed by atoms with Crippen molar-refractivity contribution in [1.29, 1.82) is 0 Å². The molecule has 3 fully saturated rings. The molecule has 2 atom stereocenters. The second kappa shape index (κ2) is 4.75. The molecule has 104 valence electrons. The number of nitrogens with zero attached hydrogens (tertiary/aromatic N) is 1. The number of hydrogen-bond donors (Lipinski definition) is 1. The van der Waals surface area contributed by atoms with Gasteiger partial charge in [0.15, 0.2) is 0 Å². The molecule has 0 bridgehead atoms. The smallest absolute Gasteiger partial charge is 0.0758 e. The van der Waals surface area contributed by atoms with Crippen LogP contribution in [0.15, 0.2) is 0 Å². The Morgan fingerprint density at radius 1 is 1.17 bits per heavy atom. The maximum Gasteiger partial charge on any atom is 0.0758 e. The Labute approximate surface area is 109 Å². The molecule has 1 N–H and O–H groups in total. The van der Waals surface area contributed by atoms with Gasteiger partial charge in [0.05, 0.1) is 11.2 Å². The van der Waals surface area contributed by atoms with Gasteiger partial charge in [-0.2, -0.15) is 0 Å². The van der Waals surface area contributed by atoms with Crippen molar-refractivity contribution in [2.45, 2.75) is 56.3 Å². The molecule has 0 saturated carbocycles. The molecule has 0 aromatic rings. The fourth-order valence-corrected chi connectivity index (χ4v) is 3.70. The lowest BCUT2D eigenvalue weighted by Gasteiger charge is -2.45. The van der Waals surface area contributed by atoms with Crippen LogP contribution in [-0.4, -0.2) is 60.2 Å². The second-order valence-electron chi connectivity index (χ2n) is 6.51. The zero-order chi connectivity index (χ0) is 12.6. The number of aliphatic hydroxyl groups is 1. The molecule has 3 aliphatic rings. The lowest BCUT2D eigenvalue weighted by molar-refractivity contribution is -0.151. The normalized spacial score (nSPS) is 41.3. The van der Waals surface area contributed by atoms with Gasteiger partial charge >= 0.3 is 0 Å². The average Bonchev–Trinajstić information content (AvgIpc) is 2.71. The first-order valence-electron chi connectivity index (χ1n) is 7.27. The summed E-state index contributed by atoms with van der Waals surface area (Å²) in [7, 11) is 0. The zero-order valence-corrected chi connectivity index (χ0v) is 11.4. The molecule has 3 rings (SSSR count). The summed E-state index contributed by atoms with van der Waals surface area (Å²) >= 11 is 0. The Bertz CT molecular complexity index is 294. The Balaban J connectivity index is 1.63. The summed E-state index contributed by atoms with van der Waals surface area (Å²) in [5, 5.41) is 10.1. The summed E-state index contributed by atoms with van der Waals surface area (Å²) in [6.07, 6.45) is 5.20. The Morgan fingerprint density at radius 2 is 1.94 bits per heavy atom. The minimum absolute atomic E-state index is 0.0651. The van der Waals surface area contributed by atoms with E-state index in [0.717, 1.165) is 65.0 Å². The van der Waals surface area contributed by atoms with Gasteiger partial charge in [-0.3, -0.25) is 4.90 Å². The van der Waals surface area contributed by atoms with E-state index >= 15 is 0 Å². The number of rotatable bonds is 1. The van der Waals surface area contributed by atoms with E-state index in [0.29, 0.717) is 6.04 Å². The lowest BCUT2D eigenvalue weighted by Crippen LogP contribution is -2.51. The Morgan fingerprint density at radius 3 is 2.61 bits per heavy atom. The summed E-state index contributed by atoms with van der Waals surface area (Å²) in [6, 6.07) is 0.589. The van der Waals surface area contributed by atoms with Crippen LogP contribution in [-0.2, 0) is 9.47 Å². The minimum Gasteiger partial charge on any atom is -0.389 e. The molecule has 3 aliphatic heterocycles. The van der Waals surface area contributed by atoms with E-state index in [1.54, 1.807) is 0 Å². The lowest BCUT2D eigenvalue weighted by atomic mass is 9.83. The van der Waals surface area contributed by atoms with E-state index in [9.17, 15) is 5.11 Å². The van der Waals surface area contributed by atoms with Crippen molar-refractivity contribution < 1.29 is 14.6 Å². The SMILES string of the molecule is CC1(O)CCN(C2CCOC3(CCOCC3)C2)C1. The average molecular weight is 255 g/mol. The summed E-state index contributed by atoms with van der Waals surface area (Å²) in [4.78, 5) is 2.47. The third-order valence-electron chi connectivity index (χ3n) is 4.87. The van der Waals surface area contributed by atoms with Crippen LogP contribution in [0.25, 0.3) is 0 Å². The highest BCUT2D eigenvalue weighted by Crippen LogP contribution is 2.37. The molecule has 2 unspecified atom stereocenters. The largest absolute Gasteiger partial charge is 0.389 e. The molecule has 4 nitrogen and oxygen atoms in total. The van der Waals surface area contributed by atoms with E-state index in [1.807, 2.05) is 6.92 Å². The molecule has 3 saturated heterocycles. The Kier molecular flexibility index (Phi) is 3.39. The highest BCUT2D eigenvalue weighted by atomic mass is 16.5. The summed E-state index contributed by atoms with van der Waals surface area (Å²) < 4.78 is 11.5. The summed E-state index contributed by atoms with van der Waals surface area (Å²) in [5.74, 6) is 0. The van der Waals surface area contributed by atoms with Gasteiger partial charge in [0.2, 0.25) is 0 Å². The van der Waals surface area contributed by atoms with Crippen molar-refractivity contribution in [1.82, 2.24) is 4.90 Å². The second-order valence-corrected chi connectivity index (χ2v) is 6.51.